The van der Waals surface area contributed by atoms with Gasteiger partial charge in [0.15, 0.2) is 0 Å². The second kappa shape index (κ2) is 6.44. The van der Waals surface area contributed by atoms with Crippen LogP contribution in [0.4, 0.5) is 0 Å². The fraction of sp³-hybridized carbons (Fsp3) is 0.167. The quantitative estimate of drug-likeness (QED) is 0.680. The summed E-state index contributed by atoms with van der Waals surface area (Å²) in [6, 6.07) is 14.2. The van der Waals surface area contributed by atoms with Gasteiger partial charge in [-0.2, -0.15) is 0 Å². The Morgan fingerprint density at radius 1 is 1.13 bits per heavy atom. The van der Waals surface area contributed by atoms with Crippen molar-refractivity contribution in [3.8, 4) is 5.75 Å². The van der Waals surface area contributed by atoms with Gasteiger partial charge in [0.1, 0.15) is 24.5 Å². The number of hydrogen-bond donors (Lipinski definition) is 0. The molecule has 0 amide bonds. The molecule has 5 nitrogen and oxygen atoms in total. The minimum atomic E-state index is -0.0620. The van der Waals surface area contributed by atoms with E-state index in [1.807, 2.05) is 25.1 Å². The Bertz CT molecular complexity index is 898. The smallest absolute Gasteiger partial charge is 0.261 e. The zero-order chi connectivity index (χ0) is 16.2. The van der Waals surface area contributed by atoms with Gasteiger partial charge in [0.2, 0.25) is 0 Å². The Balaban J connectivity index is 1.76. The number of carbonyl (C=O) groups excluding carboxylic acids is 1. The molecule has 1 aromatic heterocycles. The van der Waals surface area contributed by atoms with E-state index in [4.69, 9.17) is 4.74 Å². The van der Waals surface area contributed by atoms with Gasteiger partial charge in [-0.05, 0) is 43.3 Å². The molecule has 116 valence electrons. The number of fused-ring (bicyclic) bond motifs is 1. The van der Waals surface area contributed by atoms with Crippen molar-refractivity contribution < 1.29 is 9.53 Å². The Labute approximate surface area is 133 Å². The molecule has 0 saturated heterocycles. The lowest BCUT2D eigenvalue weighted by Gasteiger charge is -2.11. The Morgan fingerprint density at radius 2 is 1.87 bits per heavy atom. The summed E-state index contributed by atoms with van der Waals surface area (Å²) in [6.45, 7) is 2.58. The molecule has 0 aliphatic heterocycles. The lowest BCUT2D eigenvalue weighted by Crippen LogP contribution is -2.26. The molecule has 0 radical (unpaired) electrons. The van der Waals surface area contributed by atoms with Gasteiger partial charge in [0.05, 0.1) is 17.4 Å². The van der Waals surface area contributed by atoms with E-state index < -0.39 is 0 Å². The van der Waals surface area contributed by atoms with Gasteiger partial charge >= 0.3 is 0 Å². The lowest BCUT2D eigenvalue weighted by atomic mass is 10.2. The topological polar surface area (TPSA) is 61.2 Å². The highest BCUT2D eigenvalue weighted by Gasteiger charge is 2.07. The SMILES string of the molecule is Cc1nc2ccccc2c(=O)n1CCOc1ccc(C=O)cc1. The van der Waals surface area contributed by atoms with E-state index in [1.165, 1.54) is 0 Å². The first-order chi connectivity index (χ1) is 11.2. The number of carbonyl (C=O) groups is 1. The van der Waals surface area contributed by atoms with Crippen molar-refractivity contribution in [2.24, 2.45) is 0 Å². The van der Waals surface area contributed by atoms with Crippen LogP contribution >= 0.6 is 0 Å². The van der Waals surface area contributed by atoms with Crippen LogP contribution in [-0.4, -0.2) is 22.4 Å². The molecular weight excluding hydrogens is 292 g/mol. The van der Waals surface area contributed by atoms with E-state index in [0.717, 1.165) is 6.29 Å². The van der Waals surface area contributed by atoms with E-state index in [0.29, 0.717) is 41.2 Å². The Kier molecular flexibility index (Phi) is 4.19. The molecule has 0 unspecified atom stereocenters. The normalized spacial score (nSPS) is 10.7. The van der Waals surface area contributed by atoms with Crippen LogP contribution in [0.1, 0.15) is 16.2 Å². The average molecular weight is 308 g/mol. The number of aryl methyl sites for hydroxylation is 1. The van der Waals surface area contributed by atoms with Gasteiger partial charge in [0, 0.05) is 5.56 Å². The highest BCUT2D eigenvalue weighted by molar-refractivity contribution is 5.77. The molecule has 0 bridgehead atoms. The highest BCUT2D eigenvalue weighted by atomic mass is 16.5. The minimum Gasteiger partial charge on any atom is -0.492 e. The van der Waals surface area contributed by atoms with Crippen molar-refractivity contribution >= 4 is 17.2 Å². The van der Waals surface area contributed by atoms with Crippen molar-refractivity contribution in [1.29, 1.82) is 0 Å². The maximum absolute atomic E-state index is 12.5. The fourth-order valence-corrected chi connectivity index (χ4v) is 2.44. The van der Waals surface area contributed by atoms with E-state index in [9.17, 15) is 9.59 Å². The van der Waals surface area contributed by atoms with Crippen molar-refractivity contribution in [1.82, 2.24) is 9.55 Å². The summed E-state index contributed by atoms with van der Waals surface area (Å²) in [5.41, 5.74) is 1.24. The molecule has 0 aliphatic carbocycles. The van der Waals surface area contributed by atoms with Crippen molar-refractivity contribution in [2.45, 2.75) is 13.5 Å². The standard InChI is InChI=1S/C18H16N2O3/c1-13-19-17-5-3-2-4-16(17)18(22)20(13)10-11-23-15-8-6-14(12-21)7-9-15/h2-9,12H,10-11H2,1H3. The van der Waals surface area contributed by atoms with Crippen LogP contribution in [0.2, 0.25) is 0 Å². The number of nitrogens with zero attached hydrogens (tertiary/aromatic N) is 2. The second-order valence-corrected chi connectivity index (χ2v) is 5.17. The molecule has 0 atom stereocenters. The first-order valence-corrected chi connectivity index (χ1v) is 7.33. The van der Waals surface area contributed by atoms with Crippen molar-refractivity contribution in [2.75, 3.05) is 6.61 Å². The highest BCUT2D eigenvalue weighted by Crippen LogP contribution is 2.11. The predicted octanol–water partition coefficient (Wildman–Crippen LogP) is 2.60. The molecule has 0 fully saturated rings. The third kappa shape index (κ3) is 3.13. The number of benzene rings is 2. The second-order valence-electron chi connectivity index (χ2n) is 5.17. The largest absolute Gasteiger partial charge is 0.492 e. The zero-order valence-electron chi connectivity index (χ0n) is 12.7. The van der Waals surface area contributed by atoms with E-state index in [2.05, 4.69) is 4.98 Å². The number of aromatic nitrogens is 2. The zero-order valence-corrected chi connectivity index (χ0v) is 12.7. The van der Waals surface area contributed by atoms with Crippen LogP contribution in [0, 0.1) is 6.92 Å². The predicted molar refractivity (Wildman–Crippen MR) is 88.1 cm³/mol. The Hall–Kier alpha value is -2.95. The molecule has 3 aromatic rings. The van der Waals surface area contributed by atoms with E-state index in [-0.39, 0.29) is 5.56 Å². The molecule has 5 heteroatoms. The number of aldehydes is 1. The Morgan fingerprint density at radius 3 is 2.61 bits per heavy atom. The third-order valence-corrected chi connectivity index (χ3v) is 3.65. The molecule has 0 aliphatic rings. The average Bonchev–Trinajstić information content (AvgIpc) is 2.58. The summed E-state index contributed by atoms with van der Waals surface area (Å²) in [4.78, 5) is 27.6. The van der Waals surface area contributed by atoms with Gasteiger partial charge in [-0.25, -0.2) is 4.98 Å². The van der Waals surface area contributed by atoms with Crippen LogP contribution in [0.3, 0.4) is 0 Å². The first-order valence-electron chi connectivity index (χ1n) is 7.33. The van der Waals surface area contributed by atoms with Crippen molar-refractivity contribution in [3.63, 3.8) is 0 Å². The third-order valence-electron chi connectivity index (χ3n) is 3.65. The minimum absolute atomic E-state index is 0.0620. The van der Waals surface area contributed by atoms with Gasteiger partial charge in [-0.3, -0.25) is 14.2 Å². The van der Waals surface area contributed by atoms with Crippen LogP contribution in [0.5, 0.6) is 5.75 Å². The number of ether oxygens (including phenoxy) is 1. The molecule has 1 heterocycles. The summed E-state index contributed by atoms with van der Waals surface area (Å²) in [5.74, 6) is 1.32. The summed E-state index contributed by atoms with van der Waals surface area (Å²) < 4.78 is 7.24. The summed E-state index contributed by atoms with van der Waals surface area (Å²) in [6.07, 6.45) is 0.785. The maximum atomic E-state index is 12.5. The molecule has 0 spiro atoms. The maximum Gasteiger partial charge on any atom is 0.261 e. The molecule has 0 saturated carbocycles. The summed E-state index contributed by atoms with van der Waals surface area (Å²) in [5, 5.41) is 0.605. The number of para-hydroxylation sites is 1. The van der Waals surface area contributed by atoms with Gasteiger partial charge in [-0.15, -0.1) is 0 Å². The summed E-state index contributed by atoms with van der Waals surface area (Å²) >= 11 is 0. The van der Waals surface area contributed by atoms with E-state index in [1.54, 1.807) is 34.9 Å². The molecule has 2 aromatic carbocycles. The van der Waals surface area contributed by atoms with Crippen molar-refractivity contribution in [3.05, 3.63) is 70.3 Å². The van der Waals surface area contributed by atoms with Crippen LogP contribution < -0.4 is 10.3 Å². The van der Waals surface area contributed by atoms with Crippen LogP contribution in [0.15, 0.2) is 53.3 Å². The molecule has 23 heavy (non-hydrogen) atoms. The van der Waals surface area contributed by atoms with E-state index >= 15 is 0 Å². The summed E-state index contributed by atoms with van der Waals surface area (Å²) in [7, 11) is 0. The molecular formula is C18H16N2O3. The molecule has 0 N–H and O–H groups in total. The monoisotopic (exact) mass is 308 g/mol. The lowest BCUT2D eigenvalue weighted by molar-refractivity contribution is 0.112. The number of hydrogen-bond acceptors (Lipinski definition) is 4. The first kappa shape index (κ1) is 15.0. The molecule has 3 rings (SSSR count). The fourth-order valence-electron chi connectivity index (χ4n) is 2.44. The van der Waals surface area contributed by atoms with Gasteiger partial charge in [-0.1, -0.05) is 12.1 Å². The number of rotatable bonds is 5. The van der Waals surface area contributed by atoms with Gasteiger partial charge in [0.25, 0.3) is 5.56 Å². The van der Waals surface area contributed by atoms with Crippen LogP contribution in [0.25, 0.3) is 10.9 Å². The van der Waals surface area contributed by atoms with Crippen LogP contribution in [-0.2, 0) is 6.54 Å². The van der Waals surface area contributed by atoms with Gasteiger partial charge < -0.3 is 4.74 Å².